The summed E-state index contributed by atoms with van der Waals surface area (Å²) in [6.45, 7) is 6.07. The number of anilines is 1. The Morgan fingerprint density at radius 1 is 1.17 bits per heavy atom. The zero-order valence-corrected chi connectivity index (χ0v) is 17.8. The molecule has 30 heavy (non-hydrogen) atoms. The number of halogens is 3. The van der Waals surface area contributed by atoms with Crippen molar-refractivity contribution in [3.8, 4) is 11.5 Å². The molecule has 2 aromatic carbocycles. The summed E-state index contributed by atoms with van der Waals surface area (Å²) in [5, 5.41) is 6.11. The van der Waals surface area contributed by atoms with Crippen LogP contribution in [0.25, 0.3) is 0 Å². The van der Waals surface area contributed by atoms with Gasteiger partial charge in [-0.1, -0.05) is 49.7 Å². The first kappa shape index (κ1) is 21.8. The minimum Gasteiger partial charge on any atom is -0.455 e. The number of rotatable bonds is 6. The van der Waals surface area contributed by atoms with Gasteiger partial charge < -0.3 is 10.1 Å². The minimum atomic E-state index is -2.93. The van der Waals surface area contributed by atoms with Gasteiger partial charge in [-0.3, -0.25) is 9.48 Å². The van der Waals surface area contributed by atoms with Gasteiger partial charge in [-0.2, -0.15) is 5.10 Å². The summed E-state index contributed by atoms with van der Waals surface area (Å²) in [5.41, 5.74) is 1.34. The van der Waals surface area contributed by atoms with Crippen LogP contribution in [0, 0.1) is 6.92 Å². The summed E-state index contributed by atoms with van der Waals surface area (Å²) in [5.74, 6) is 0.495. The highest BCUT2D eigenvalue weighted by Gasteiger charge is 2.27. The van der Waals surface area contributed by atoms with Crippen LogP contribution in [-0.4, -0.2) is 15.7 Å². The molecule has 0 aliphatic rings. The molecule has 0 fully saturated rings. The summed E-state index contributed by atoms with van der Waals surface area (Å²) in [6.07, 6.45) is -2.93. The summed E-state index contributed by atoms with van der Waals surface area (Å²) in [7, 11) is 1.40. The molecule has 158 valence electrons. The van der Waals surface area contributed by atoms with Crippen molar-refractivity contribution in [3.05, 3.63) is 70.0 Å². The predicted molar refractivity (Wildman–Crippen MR) is 113 cm³/mol. The van der Waals surface area contributed by atoms with Gasteiger partial charge in [-0.25, -0.2) is 8.78 Å². The molecule has 0 bridgehead atoms. The Hall–Kier alpha value is -2.93. The summed E-state index contributed by atoms with van der Waals surface area (Å²) in [6, 6.07) is 12.7. The van der Waals surface area contributed by atoms with Crippen LogP contribution in [0.4, 0.5) is 14.5 Å². The average molecular weight is 434 g/mol. The molecule has 8 heteroatoms. The molecule has 0 saturated carbocycles. The Balaban J connectivity index is 1.95. The van der Waals surface area contributed by atoms with E-state index in [-0.39, 0.29) is 16.6 Å². The molecule has 3 rings (SSSR count). The molecule has 0 atom stereocenters. The average Bonchev–Trinajstić information content (AvgIpc) is 2.98. The molecular formula is C22H22ClF2N3O2. The van der Waals surface area contributed by atoms with Crippen molar-refractivity contribution >= 4 is 23.2 Å². The number of ether oxygens (including phenoxy) is 1. The number of hydrogen-bond acceptors (Lipinski definition) is 3. The molecule has 0 unspecified atom stereocenters. The number of amides is 1. The third-order valence-electron chi connectivity index (χ3n) is 4.58. The van der Waals surface area contributed by atoms with Crippen LogP contribution >= 0.6 is 11.6 Å². The Morgan fingerprint density at radius 2 is 1.87 bits per heavy atom. The van der Waals surface area contributed by atoms with Crippen LogP contribution in [0.2, 0.25) is 5.15 Å². The Bertz CT molecular complexity index is 1080. The van der Waals surface area contributed by atoms with Crippen molar-refractivity contribution in [2.45, 2.75) is 33.1 Å². The third kappa shape index (κ3) is 4.46. The number of carbonyl (C=O) groups excluding carboxylic acids is 1. The lowest BCUT2D eigenvalue weighted by atomic mass is 10.0. The lowest BCUT2D eigenvalue weighted by Crippen LogP contribution is -2.14. The molecule has 0 radical (unpaired) electrons. The van der Waals surface area contributed by atoms with Gasteiger partial charge in [0.2, 0.25) is 0 Å². The van der Waals surface area contributed by atoms with Gasteiger partial charge in [0.05, 0.1) is 5.69 Å². The first-order valence-corrected chi connectivity index (χ1v) is 9.76. The van der Waals surface area contributed by atoms with Gasteiger partial charge in [0.15, 0.2) is 5.75 Å². The number of nitrogens with one attached hydrogen (secondary N) is 1. The zero-order valence-electron chi connectivity index (χ0n) is 17.0. The molecule has 0 spiro atoms. The molecule has 0 saturated heterocycles. The van der Waals surface area contributed by atoms with Gasteiger partial charge in [0.25, 0.3) is 12.3 Å². The Labute approximate surface area is 178 Å². The number of alkyl halides is 2. The Kier molecular flexibility index (Phi) is 6.41. The van der Waals surface area contributed by atoms with E-state index in [4.69, 9.17) is 16.3 Å². The lowest BCUT2D eigenvalue weighted by molar-refractivity contribution is 0.101. The Morgan fingerprint density at radius 3 is 2.53 bits per heavy atom. The summed E-state index contributed by atoms with van der Waals surface area (Å²) in [4.78, 5) is 12.8. The van der Waals surface area contributed by atoms with E-state index in [1.54, 1.807) is 24.3 Å². The second-order valence-electron chi connectivity index (χ2n) is 7.22. The van der Waals surface area contributed by atoms with E-state index in [2.05, 4.69) is 24.3 Å². The molecule has 1 aromatic heterocycles. The zero-order chi connectivity index (χ0) is 22.0. The third-order valence-corrected chi connectivity index (χ3v) is 5.02. The van der Waals surface area contributed by atoms with Crippen molar-refractivity contribution in [1.82, 2.24) is 9.78 Å². The number of aromatic nitrogens is 2. The van der Waals surface area contributed by atoms with Crippen LogP contribution < -0.4 is 10.1 Å². The van der Waals surface area contributed by atoms with Crippen LogP contribution in [0.1, 0.15) is 53.4 Å². The normalized spacial score (nSPS) is 11.2. The van der Waals surface area contributed by atoms with Crippen molar-refractivity contribution in [2.24, 2.45) is 7.05 Å². The minimum absolute atomic E-state index is 0.165. The highest BCUT2D eigenvalue weighted by molar-refractivity contribution is 6.33. The van der Waals surface area contributed by atoms with Crippen LogP contribution in [0.5, 0.6) is 11.5 Å². The molecule has 3 aromatic rings. The van der Waals surface area contributed by atoms with Crippen molar-refractivity contribution in [3.63, 3.8) is 0 Å². The lowest BCUT2D eigenvalue weighted by Gasteiger charge is -2.17. The fraction of sp³-hybridized carbons (Fsp3) is 0.273. The number of carbonyl (C=O) groups is 1. The van der Waals surface area contributed by atoms with E-state index in [0.717, 1.165) is 15.8 Å². The largest absolute Gasteiger partial charge is 0.455 e. The predicted octanol–water partition coefficient (Wildman–Crippen LogP) is 6.49. The first-order valence-electron chi connectivity index (χ1n) is 9.38. The van der Waals surface area contributed by atoms with E-state index in [1.807, 2.05) is 25.1 Å². The molecule has 0 aliphatic heterocycles. The number of aryl methyl sites for hydroxylation is 2. The number of hydrogen-bond donors (Lipinski definition) is 1. The second-order valence-corrected chi connectivity index (χ2v) is 7.58. The quantitative estimate of drug-likeness (QED) is 0.483. The smallest absolute Gasteiger partial charge is 0.283 e. The van der Waals surface area contributed by atoms with E-state index >= 15 is 0 Å². The maximum Gasteiger partial charge on any atom is 0.283 e. The van der Waals surface area contributed by atoms with E-state index in [9.17, 15) is 13.6 Å². The fourth-order valence-electron chi connectivity index (χ4n) is 3.05. The van der Waals surface area contributed by atoms with E-state index in [0.29, 0.717) is 17.2 Å². The van der Waals surface area contributed by atoms with Gasteiger partial charge in [-0.15, -0.1) is 0 Å². The van der Waals surface area contributed by atoms with Crippen molar-refractivity contribution in [1.29, 1.82) is 0 Å². The van der Waals surface area contributed by atoms with Gasteiger partial charge in [-0.05, 0) is 42.2 Å². The fourth-order valence-corrected chi connectivity index (χ4v) is 3.28. The summed E-state index contributed by atoms with van der Waals surface area (Å²) >= 11 is 6.04. The molecule has 1 amide bonds. The number of nitrogens with zero attached hydrogens (tertiary/aromatic N) is 2. The van der Waals surface area contributed by atoms with Crippen LogP contribution in [0.3, 0.4) is 0 Å². The van der Waals surface area contributed by atoms with Crippen LogP contribution in [0.15, 0.2) is 42.5 Å². The highest BCUT2D eigenvalue weighted by Crippen LogP contribution is 2.36. The number of para-hydroxylation sites is 2. The standard InChI is InChI=1S/C22H22ClF2N3O2/c1-12(2)14-10-9-13(3)11-17(14)30-16-8-6-5-7-15(16)26-22(29)18-19(21(24)25)27-28(4)20(18)23/h5-12,21H,1-4H3,(H,26,29). The van der Waals surface area contributed by atoms with E-state index in [1.165, 1.54) is 7.05 Å². The van der Waals surface area contributed by atoms with Gasteiger partial charge in [0, 0.05) is 7.05 Å². The number of benzene rings is 2. The highest BCUT2D eigenvalue weighted by atomic mass is 35.5. The van der Waals surface area contributed by atoms with Crippen LogP contribution in [-0.2, 0) is 7.05 Å². The van der Waals surface area contributed by atoms with Crippen molar-refractivity contribution in [2.75, 3.05) is 5.32 Å². The van der Waals surface area contributed by atoms with Gasteiger partial charge >= 0.3 is 0 Å². The summed E-state index contributed by atoms with van der Waals surface area (Å²) < 4.78 is 33.8. The van der Waals surface area contributed by atoms with Crippen molar-refractivity contribution < 1.29 is 18.3 Å². The molecule has 1 N–H and O–H groups in total. The molecular weight excluding hydrogens is 412 g/mol. The second kappa shape index (κ2) is 8.83. The molecule has 5 nitrogen and oxygen atoms in total. The SMILES string of the molecule is Cc1ccc(C(C)C)c(Oc2ccccc2NC(=O)c2c(C(F)F)nn(C)c2Cl)c1. The topological polar surface area (TPSA) is 56.1 Å². The first-order chi connectivity index (χ1) is 14.2. The van der Waals surface area contributed by atoms with Gasteiger partial charge in [0.1, 0.15) is 22.2 Å². The maximum absolute atomic E-state index is 13.3. The maximum atomic E-state index is 13.3. The van der Waals surface area contributed by atoms with E-state index < -0.39 is 18.0 Å². The molecule has 1 heterocycles. The monoisotopic (exact) mass is 433 g/mol. The molecule has 0 aliphatic carbocycles.